The zero-order chi connectivity index (χ0) is 15.0. The third kappa shape index (κ3) is 2.53. The van der Waals surface area contributed by atoms with Gasteiger partial charge in [0.1, 0.15) is 6.54 Å². The van der Waals surface area contributed by atoms with Crippen LogP contribution in [0.5, 0.6) is 0 Å². The standard InChI is InChI=1S/C17H14F3N/c1-12-14-9-5-6-10-15(14)21(11-17(18,19)20)16(12)13-7-3-2-4-8-13/h2-10H,11H2,1H3. The van der Waals surface area contributed by atoms with Crippen molar-refractivity contribution in [3.63, 3.8) is 0 Å². The summed E-state index contributed by atoms with van der Waals surface area (Å²) in [7, 11) is 0. The van der Waals surface area contributed by atoms with Gasteiger partial charge in [0.15, 0.2) is 0 Å². The van der Waals surface area contributed by atoms with E-state index < -0.39 is 12.7 Å². The van der Waals surface area contributed by atoms with Crippen LogP contribution in [-0.2, 0) is 6.54 Å². The number of aromatic nitrogens is 1. The Morgan fingerprint density at radius 1 is 0.905 bits per heavy atom. The highest BCUT2D eigenvalue weighted by Gasteiger charge is 2.30. The van der Waals surface area contributed by atoms with E-state index in [2.05, 4.69) is 0 Å². The third-order valence-corrected chi connectivity index (χ3v) is 3.61. The zero-order valence-electron chi connectivity index (χ0n) is 11.5. The fourth-order valence-corrected chi connectivity index (χ4v) is 2.79. The van der Waals surface area contributed by atoms with Gasteiger partial charge in [-0.25, -0.2) is 0 Å². The number of nitrogens with zero attached hydrogens (tertiary/aromatic N) is 1. The molecule has 0 fully saturated rings. The molecule has 0 amide bonds. The van der Waals surface area contributed by atoms with Crippen LogP contribution in [0.3, 0.4) is 0 Å². The van der Waals surface area contributed by atoms with Crippen molar-refractivity contribution in [1.29, 1.82) is 0 Å². The maximum absolute atomic E-state index is 13.0. The average Bonchev–Trinajstić information content (AvgIpc) is 2.72. The first-order valence-corrected chi connectivity index (χ1v) is 6.67. The molecular formula is C17H14F3N. The highest BCUT2D eigenvalue weighted by atomic mass is 19.4. The summed E-state index contributed by atoms with van der Waals surface area (Å²) >= 11 is 0. The van der Waals surface area contributed by atoms with Crippen LogP contribution in [0, 0.1) is 6.92 Å². The lowest BCUT2D eigenvalue weighted by atomic mass is 10.1. The molecule has 0 aliphatic heterocycles. The van der Waals surface area contributed by atoms with Crippen molar-refractivity contribution in [2.24, 2.45) is 0 Å². The van der Waals surface area contributed by atoms with Gasteiger partial charge in [0.25, 0.3) is 0 Å². The number of hydrogen-bond donors (Lipinski definition) is 0. The summed E-state index contributed by atoms with van der Waals surface area (Å²) in [6.45, 7) is 0.892. The summed E-state index contributed by atoms with van der Waals surface area (Å²) in [5.74, 6) is 0. The predicted molar refractivity (Wildman–Crippen MR) is 78.2 cm³/mol. The van der Waals surface area contributed by atoms with Gasteiger partial charge in [-0.2, -0.15) is 13.2 Å². The molecule has 0 unspecified atom stereocenters. The Bertz CT molecular complexity index is 770. The van der Waals surface area contributed by atoms with E-state index in [4.69, 9.17) is 0 Å². The first kappa shape index (κ1) is 13.7. The van der Waals surface area contributed by atoms with Crippen molar-refractivity contribution < 1.29 is 13.2 Å². The van der Waals surface area contributed by atoms with Crippen molar-refractivity contribution in [1.82, 2.24) is 4.57 Å². The number of alkyl halides is 3. The molecule has 0 spiro atoms. The van der Waals surface area contributed by atoms with E-state index in [-0.39, 0.29) is 0 Å². The summed E-state index contributed by atoms with van der Waals surface area (Å²) in [5.41, 5.74) is 2.93. The van der Waals surface area contributed by atoms with E-state index in [1.807, 2.05) is 49.4 Å². The van der Waals surface area contributed by atoms with Gasteiger partial charge in [0.2, 0.25) is 0 Å². The Balaban J connectivity index is 2.32. The molecule has 0 saturated carbocycles. The minimum absolute atomic E-state index is 0.617. The molecule has 1 heterocycles. The van der Waals surface area contributed by atoms with Gasteiger partial charge in [-0.1, -0.05) is 48.5 Å². The molecule has 3 aromatic rings. The van der Waals surface area contributed by atoms with Gasteiger partial charge in [-0.3, -0.25) is 0 Å². The molecule has 0 bridgehead atoms. The predicted octanol–water partition coefficient (Wildman–Crippen LogP) is 5.18. The quantitative estimate of drug-likeness (QED) is 0.612. The Morgan fingerprint density at radius 2 is 1.52 bits per heavy atom. The Hall–Kier alpha value is -2.23. The highest BCUT2D eigenvalue weighted by molar-refractivity contribution is 5.91. The van der Waals surface area contributed by atoms with Crippen LogP contribution < -0.4 is 0 Å². The number of rotatable bonds is 2. The molecule has 0 N–H and O–H groups in total. The van der Waals surface area contributed by atoms with Gasteiger partial charge in [0, 0.05) is 10.9 Å². The monoisotopic (exact) mass is 289 g/mol. The minimum atomic E-state index is -4.25. The second-order valence-corrected chi connectivity index (χ2v) is 5.06. The van der Waals surface area contributed by atoms with E-state index in [9.17, 15) is 13.2 Å². The molecule has 0 aliphatic carbocycles. The summed E-state index contributed by atoms with van der Waals surface area (Å²) in [6, 6.07) is 16.4. The molecule has 21 heavy (non-hydrogen) atoms. The number of hydrogen-bond acceptors (Lipinski definition) is 0. The summed E-state index contributed by atoms with van der Waals surface area (Å²) in [6.07, 6.45) is -4.25. The molecule has 0 saturated heterocycles. The zero-order valence-corrected chi connectivity index (χ0v) is 11.5. The molecule has 2 aromatic carbocycles. The van der Waals surface area contributed by atoms with Crippen LogP contribution in [0.4, 0.5) is 13.2 Å². The number of fused-ring (bicyclic) bond motifs is 1. The van der Waals surface area contributed by atoms with Crippen molar-refractivity contribution in [3.8, 4) is 11.3 Å². The van der Waals surface area contributed by atoms with E-state index in [0.29, 0.717) is 11.2 Å². The third-order valence-electron chi connectivity index (χ3n) is 3.61. The van der Waals surface area contributed by atoms with E-state index in [1.165, 1.54) is 4.57 Å². The lowest BCUT2D eigenvalue weighted by Crippen LogP contribution is -2.18. The lowest BCUT2D eigenvalue weighted by Gasteiger charge is -2.14. The van der Waals surface area contributed by atoms with E-state index in [1.54, 1.807) is 12.1 Å². The van der Waals surface area contributed by atoms with Gasteiger partial charge < -0.3 is 4.57 Å². The maximum atomic E-state index is 13.0. The molecule has 4 heteroatoms. The fourth-order valence-electron chi connectivity index (χ4n) is 2.79. The number of halogens is 3. The maximum Gasteiger partial charge on any atom is 0.406 e. The number of aryl methyl sites for hydroxylation is 1. The van der Waals surface area contributed by atoms with Gasteiger partial charge in [0.05, 0.1) is 5.69 Å². The Labute approximate surface area is 120 Å². The number of benzene rings is 2. The van der Waals surface area contributed by atoms with Gasteiger partial charge in [-0.05, 0) is 24.1 Å². The topological polar surface area (TPSA) is 4.93 Å². The molecule has 0 aliphatic rings. The number of para-hydroxylation sites is 1. The van der Waals surface area contributed by atoms with Crippen LogP contribution in [-0.4, -0.2) is 10.7 Å². The first-order valence-electron chi connectivity index (χ1n) is 6.67. The minimum Gasteiger partial charge on any atom is -0.331 e. The molecule has 3 rings (SSSR count). The van der Waals surface area contributed by atoms with Crippen molar-refractivity contribution >= 4 is 10.9 Å². The summed E-state index contributed by atoms with van der Waals surface area (Å²) < 4.78 is 40.2. The molecule has 0 atom stereocenters. The fraction of sp³-hybridized carbons (Fsp3) is 0.176. The largest absolute Gasteiger partial charge is 0.406 e. The molecule has 1 aromatic heterocycles. The molecule has 108 valence electrons. The molecule has 1 nitrogen and oxygen atoms in total. The summed E-state index contributed by atoms with van der Waals surface area (Å²) in [5, 5.41) is 0.862. The first-order chi connectivity index (χ1) is 9.97. The Morgan fingerprint density at radius 3 is 2.19 bits per heavy atom. The van der Waals surface area contributed by atoms with Crippen molar-refractivity contribution in [2.45, 2.75) is 19.6 Å². The molecule has 0 radical (unpaired) electrons. The second-order valence-electron chi connectivity index (χ2n) is 5.06. The van der Waals surface area contributed by atoms with Crippen LogP contribution >= 0.6 is 0 Å². The van der Waals surface area contributed by atoms with E-state index >= 15 is 0 Å². The van der Waals surface area contributed by atoms with E-state index in [0.717, 1.165) is 16.5 Å². The van der Waals surface area contributed by atoms with Crippen LogP contribution in [0.1, 0.15) is 5.56 Å². The second kappa shape index (κ2) is 4.95. The summed E-state index contributed by atoms with van der Waals surface area (Å²) in [4.78, 5) is 0. The average molecular weight is 289 g/mol. The van der Waals surface area contributed by atoms with Gasteiger partial charge in [-0.15, -0.1) is 0 Å². The van der Waals surface area contributed by atoms with Crippen LogP contribution in [0.25, 0.3) is 22.2 Å². The smallest absolute Gasteiger partial charge is 0.331 e. The normalized spacial score (nSPS) is 12.0. The lowest BCUT2D eigenvalue weighted by molar-refractivity contribution is -0.139. The SMILES string of the molecule is Cc1c(-c2ccccc2)n(CC(F)(F)F)c2ccccc12. The van der Waals surface area contributed by atoms with Crippen LogP contribution in [0.15, 0.2) is 54.6 Å². The van der Waals surface area contributed by atoms with Crippen LogP contribution in [0.2, 0.25) is 0 Å². The van der Waals surface area contributed by atoms with Crippen molar-refractivity contribution in [2.75, 3.05) is 0 Å². The highest BCUT2D eigenvalue weighted by Crippen LogP contribution is 2.35. The Kier molecular flexibility index (Phi) is 3.24. The van der Waals surface area contributed by atoms with Crippen molar-refractivity contribution in [3.05, 3.63) is 60.2 Å². The van der Waals surface area contributed by atoms with Gasteiger partial charge >= 0.3 is 6.18 Å². The molecular weight excluding hydrogens is 275 g/mol.